The predicted molar refractivity (Wildman–Crippen MR) is 96.4 cm³/mol. The van der Waals surface area contributed by atoms with Crippen molar-refractivity contribution >= 4 is 17.6 Å². The van der Waals surface area contributed by atoms with E-state index in [0.717, 1.165) is 32.3 Å². The summed E-state index contributed by atoms with van der Waals surface area (Å²) < 4.78 is 5.58. The van der Waals surface area contributed by atoms with Crippen LogP contribution >= 0.6 is 0 Å². The highest BCUT2D eigenvalue weighted by molar-refractivity contribution is 5.91. The van der Waals surface area contributed by atoms with Crippen LogP contribution < -0.4 is 16.4 Å². The van der Waals surface area contributed by atoms with E-state index >= 15 is 0 Å². The maximum absolute atomic E-state index is 12.0. The number of primary amides is 1. The number of hydrogen-bond acceptors (Lipinski definition) is 6. The van der Waals surface area contributed by atoms with Crippen molar-refractivity contribution in [1.82, 2.24) is 15.3 Å². The highest BCUT2D eigenvalue weighted by Crippen LogP contribution is 2.32. The van der Waals surface area contributed by atoms with Crippen LogP contribution in [0.25, 0.3) is 0 Å². The Kier molecular flexibility index (Phi) is 6.03. The van der Waals surface area contributed by atoms with Crippen LogP contribution in [0.15, 0.2) is 12.4 Å². The van der Waals surface area contributed by atoms with Gasteiger partial charge in [-0.25, -0.2) is 9.97 Å². The molecule has 0 radical (unpaired) electrons. The van der Waals surface area contributed by atoms with Gasteiger partial charge in [-0.15, -0.1) is 0 Å². The molecule has 3 rings (SSSR count). The highest BCUT2D eigenvalue weighted by atomic mass is 16.5. The molecule has 8 heteroatoms. The molecule has 2 heterocycles. The van der Waals surface area contributed by atoms with Crippen LogP contribution in [0, 0.1) is 11.8 Å². The van der Waals surface area contributed by atoms with Crippen molar-refractivity contribution in [2.45, 2.75) is 51.2 Å². The van der Waals surface area contributed by atoms with Gasteiger partial charge in [0, 0.05) is 25.3 Å². The molecule has 26 heavy (non-hydrogen) atoms. The maximum Gasteiger partial charge on any atom is 0.267 e. The Labute approximate surface area is 153 Å². The fourth-order valence-electron chi connectivity index (χ4n) is 3.56. The van der Waals surface area contributed by atoms with Crippen molar-refractivity contribution in [3.8, 4) is 0 Å². The second-order valence-corrected chi connectivity index (χ2v) is 7.35. The zero-order valence-corrected chi connectivity index (χ0v) is 15.1. The van der Waals surface area contributed by atoms with E-state index in [9.17, 15) is 9.59 Å². The van der Waals surface area contributed by atoms with Crippen LogP contribution in [0.4, 0.5) is 5.82 Å². The van der Waals surface area contributed by atoms with Gasteiger partial charge in [0.2, 0.25) is 5.91 Å². The molecule has 2 aliphatic rings. The molecule has 0 spiro atoms. The first-order chi connectivity index (χ1) is 12.5. The number of aromatic nitrogens is 2. The fraction of sp³-hybridized carbons (Fsp3) is 0.667. The number of nitrogens with one attached hydrogen (secondary N) is 2. The number of nitrogens with two attached hydrogens (primary N) is 1. The van der Waals surface area contributed by atoms with E-state index in [0.29, 0.717) is 36.7 Å². The normalized spacial score (nSPS) is 27.6. The fourth-order valence-corrected chi connectivity index (χ4v) is 3.56. The van der Waals surface area contributed by atoms with Gasteiger partial charge in [0.15, 0.2) is 0 Å². The second-order valence-electron chi connectivity index (χ2n) is 7.35. The lowest BCUT2D eigenvalue weighted by Crippen LogP contribution is -2.38. The largest absolute Gasteiger partial charge is 0.377 e. The van der Waals surface area contributed by atoms with Gasteiger partial charge in [-0.3, -0.25) is 9.59 Å². The third-order valence-electron chi connectivity index (χ3n) is 5.31. The summed E-state index contributed by atoms with van der Waals surface area (Å²) >= 11 is 0. The van der Waals surface area contributed by atoms with Crippen LogP contribution in [0.3, 0.4) is 0 Å². The molecule has 1 saturated carbocycles. The Balaban J connectivity index is 1.30. The topological polar surface area (TPSA) is 119 Å². The molecule has 1 aromatic heterocycles. The van der Waals surface area contributed by atoms with E-state index in [1.54, 1.807) is 6.07 Å². The summed E-state index contributed by atoms with van der Waals surface area (Å²) in [7, 11) is 0. The van der Waals surface area contributed by atoms with Gasteiger partial charge in [0.05, 0.1) is 12.5 Å². The lowest BCUT2D eigenvalue weighted by atomic mass is 9.78. The SMILES string of the molecule is CC1CCOC1CC(=O)NCCC1CC(Nc2cc(C(N)=O)ncn2)C1. The molecule has 0 aromatic carbocycles. The van der Waals surface area contributed by atoms with E-state index in [1.807, 2.05) is 0 Å². The Bertz CT molecular complexity index is 647. The molecule has 1 saturated heterocycles. The van der Waals surface area contributed by atoms with E-state index in [-0.39, 0.29) is 17.7 Å². The van der Waals surface area contributed by atoms with Gasteiger partial charge < -0.3 is 21.1 Å². The summed E-state index contributed by atoms with van der Waals surface area (Å²) in [6.07, 6.45) is 5.94. The zero-order valence-electron chi connectivity index (χ0n) is 15.1. The molecule has 1 aromatic rings. The number of amides is 2. The van der Waals surface area contributed by atoms with Crippen molar-refractivity contribution in [2.75, 3.05) is 18.5 Å². The number of ether oxygens (including phenoxy) is 1. The number of carbonyl (C=O) groups is 2. The highest BCUT2D eigenvalue weighted by Gasteiger charge is 2.30. The summed E-state index contributed by atoms with van der Waals surface area (Å²) in [5.41, 5.74) is 5.43. The van der Waals surface area contributed by atoms with Gasteiger partial charge in [-0.05, 0) is 37.5 Å². The summed E-state index contributed by atoms with van der Waals surface area (Å²) in [6.45, 7) is 3.61. The molecule has 2 unspecified atom stereocenters. The lowest BCUT2D eigenvalue weighted by molar-refractivity contribution is -0.123. The average molecular weight is 361 g/mol. The minimum atomic E-state index is -0.560. The minimum absolute atomic E-state index is 0.0745. The van der Waals surface area contributed by atoms with Gasteiger partial charge in [0.25, 0.3) is 5.91 Å². The number of hydrogen-bond donors (Lipinski definition) is 3. The molecule has 4 N–H and O–H groups in total. The molecular weight excluding hydrogens is 334 g/mol. The first-order valence-electron chi connectivity index (χ1n) is 9.28. The van der Waals surface area contributed by atoms with Crippen LogP contribution in [0.5, 0.6) is 0 Å². The van der Waals surface area contributed by atoms with Gasteiger partial charge in [-0.1, -0.05) is 6.92 Å². The third kappa shape index (κ3) is 4.91. The number of anilines is 1. The standard InChI is InChI=1S/C18H27N5O3/c1-11-3-5-26-15(11)9-17(24)20-4-2-12-6-13(7-12)23-16-8-14(18(19)25)21-10-22-16/h8,10-13,15H,2-7,9H2,1H3,(H2,19,25)(H,20,24)(H,21,22,23). The molecule has 0 bridgehead atoms. The van der Waals surface area contributed by atoms with Gasteiger partial charge >= 0.3 is 0 Å². The zero-order chi connectivity index (χ0) is 18.5. The number of nitrogens with zero attached hydrogens (tertiary/aromatic N) is 2. The van der Waals surface area contributed by atoms with Crippen molar-refractivity contribution in [2.24, 2.45) is 17.6 Å². The first kappa shape index (κ1) is 18.6. The summed E-state index contributed by atoms with van der Waals surface area (Å²) in [5, 5.41) is 6.30. The van der Waals surface area contributed by atoms with E-state index in [1.165, 1.54) is 6.33 Å². The molecule has 1 aliphatic carbocycles. The monoisotopic (exact) mass is 361 g/mol. The lowest BCUT2D eigenvalue weighted by Gasteiger charge is -2.36. The molecule has 1 aliphatic heterocycles. The van der Waals surface area contributed by atoms with Gasteiger partial charge in [-0.2, -0.15) is 0 Å². The van der Waals surface area contributed by atoms with Crippen molar-refractivity contribution in [3.05, 3.63) is 18.1 Å². The van der Waals surface area contributed by atoms with Crippen molar-refractivity contribution < 1.29 is 14.3 Å². The number of rotatable bonds is 8. The Morgan fingerprint density at radius 2 is 2.15 bits per heavy atom. The molecule has 2 atom stereocenters. The third-order valence-corrected chi connectivity index (χ3v) is 5.31. The minimum Gasteiger partial charge on any atom is -0.377 e. The van der Waals surface area contributed by atoms with Crippen LogP contribution in [0.2, 0.25) is 0 Å². The van der Waals surface area contributed by atoms with Crippen LogP contribution in [-0.4, -0.2) is 47.1 Å². The first-order valence-corrected chi connectivity index (χ1v) is 9.28. The summed E-state index contributed by atoms with van der Waals surface area (Å²) in [6, 6.07) is 1.90. The smallest absolute Gasteiger partial charge is 0.267 e. The van der Waals surface area contributed by atoms with Crippen molar-refractivity contribution in [3.63, 3.8) is 0 Å². The molecule has 2 amide bonds. The Morgan fingerprint density at radius 1 is 1.35 bits per heavy atom. The van der Waals surface area contributed by atoms with E-state index in [4.69, 9.17) is 10.5 Å². The predicted octanol–water partition coefficient (Wildman–Crippen LogP) is 1.09. The molecule has 8 nitrogen and oxygen atoms in total. The molecule has 2 fully saturated rings. The molecule has 142 valence electrons. The number of carbonyl (C=O) groups excluding carboxylic acids is 2. The quantitative estimate of drug-likeness (QED) is 0.638. The van der Waals surface area contributed by atoms with E-state index < -0.39 is 5.91 Å². The Hall–Kier alpha value is -2.22. The van der Waals surface area contributed by atoms with Gasteiger partial charge in [0.1, 0.15) is 17.8 Å². The van der Waals surface area contributed by atoms with Crippen LogP contribution in [-0.2, 0) is 9.53 Å². The average Bonchev–Trinajstić information content (AvgIpc) is 2.97. The van der Waals surface area contributed by atoms with Crippen LogP contribution in [0.1, 0.15) is 49.5 Å². The summed E-state index contributed by atoms with van der Waals surface area (Å²) in [4.78, 5) is 31.0. The second kappa shape index (κ2) is 8.44. The van der Waals surface area contributed by atoms with E-state index in [2.05, 4.69) is 27.5 Å². The van der Waals surface area contributed by atoms with Crippen molar-refractivity contribution in [1.29, 1.82) is 0 Å². The Morgan fingerprint density at radius 3 is 2.85 bits per heavy atom. The summed E-state index contributed by atoms with van der Waals surface area (Å²) in [5.74, 6) is 1.20. The molecular formula is C18H27N5O3. The maximum atomic E-state index is 12.0.